The maximum Gasteiger partial charge on any atom is 0.135 e. The number of hydrogen-bond acceptors (Lipinski definition) is 3. The first-order valence-corrected chi connectivity index (χ1v) is 9.14. The average Bonchev–Trinajstić information content (AvgIpc) is 3.24. The van der Waals surface area contributed by atoms with Crippen molar-refractivity contribution in [1.29, 1.82) is 0 Å². The Morgan fingerprint density at radius 1 is 0.815 bits per heavy atom. The first-order valence-electron chi connectivity index (χ1n) is 9.14. The van der Waals surface area contributed by atoms with E-state index in [2.05, 4.69) is 40.6 Å². The molecule has 4 nitrogen and oxygen atoms in total. The summed E-state index contributed by atoms with van der Waals surface area (Å²) in [5.74, 6) is 1.71. The van der Waals surface area contributed by atoms with Crippen LogP contribution in [0.2, 0.25) is 0 Å². The molecule has 0 atom stereocenters. The molecule has 0 saturated carbocycles. The smallest absolute Gasteiger partial charge is 0.135 e. The molecule has 0 saturated heterocycles. The van der Waals surface area contributed by atoms with E-state index in [0.717, 1.165) is 42.0 Å². The van der Waals surface area contributed by atoms with Crippen LogP contribution in [0.1, 0.15) is 12.0 Å². The summed E-state index contributed by atoms with van der Waals surface area (Å²) < 4.78 is 8.02. The van der Waals surface area contributed by atoms with Gasteiger partial charge in [0.05, 0.1) is 6.20 Å². The third-order valence-electron chi connectivity index (χ3n) is 4.45. The van der Waals surface area contributed by atoms with Gasteiger partial charge in [-0.3, -0.25) is 4.68 Å². The van der Waals surface area contributed by atoms with Crippen molar-refractivity contribution in [3.8, 4) is 22.6 Å². The first kappa shape index (κ1) is 17.0. The van der Waals surface area contributed by atoms with E-state index in [9.17, 15) is 0 Å². The van der Waals surface area contributed by atoms with Crippen molar-refractivity contribution >= 4 is 0 Å². The van der Waals surface area contributed by atoms with E-state index < -0.39 is 0 Å². The highest BCUT2D eigenvalue weighted by molar-refractivity contribution is 5.70. The van der Waals surface area contributed by atoms with Crippen molar-refractivity contribution in [2.45, 2.75) is 19.4 Å². The van der Waals surface area contributed by atoms with Crippen molar-refractivity contribution in [3.05, 3.63) is 96.8 Å². The summed E-state index contributed by atoms with van der Waals surface area (Å²) in [5, 5.41) is 7.81. The zero-order chi connectivity index (χ0) is 18.3. The second-order valence-electron chi connectivity index (χ2n) is 6.38. The Hall–Kier alpha value is -3.40. The molecule has 3 aromatic carbocycles. The fourth-order valence-corrected chi connectivity index (χ4v) is 3.06. The van der Waals surface area contributed by atoms with Crippen LogP contribution in [0.3, 0.4) is 0 Å². The highest BCUT2D eigenvalue weighted by atomic mass is 16.5. The molecule has 1 heterocycles. The Balaban J connectivity index is 1.42. The summed E-state index contributed by atoms with van der Waals surface area (Å²) in [7, 11) is 0. The predicted octanol–water partition coefficient (Wildman–Crippen LogP) is 5.37. The van der Waals surface area contributed by atoms with Crippen LogP contribution in [0.4, 0.5) is 0 Å². The molecule has 0 N–H and O–H groups in total. The third kappa shape index (κ3) is 4.42. The zero-order valence-corrected chi connectivity index (χ0v) is 15.0. The molecular weight excluding hydrogens is 334 g/mol. The number of rotatable bonds is 7. The maximum atomic E-state index is 6.16. The summed E-state index contributed by atoms with van der Waals surface area (Å²) in [6.45, 7) is 0.878. The molecular formula is C23H21N3O. The normalized spacial score (nSPS) is 10.7. The topological polar surface area (TPSA) is 39.9 Å². The molecule has 0 aliphatic carbocycles. The molecule has 0 bridgehead atoms. The highest BCUT2D eigenvalue weighted by Crippen LogP contribution is 2.33. The summed E-state index contributed by atoms with van der Waals surface area (Å²) in [5.41, 5.74) is 3.53. The van der Waals surface area contributed by atoms with Gasteiger partial charge in [-0.05, 0) is 42.2 Å². The van der Waals surface area contributed by atoms with Crippen molar-refractivity contribution < 1.29 is 4.74 Å². The minimum atomic E-state index is 0.846. The standard InChI is InChI=1S/C23H21N3O/c1-2-8-20(9-3-1)22-10-4-5-11-23(22)27-21-14-12-19(13-15-21)7-6-17-26-18-16-24-25-26/h1-5,8-16,18H,6-7,17H2. The lowest BCUT2D eigenvalue weighted by atomic mass is 10.0. The van der Waals surface area contributed by atoms with Crippen LogP contribution >= 0.6 is 0 Å². The lowest BCUT2D eigenvalue weighted by molar-refractivity contribution is 0.484. The summed E-state index contributed by atoms with van der Waals surface area (Å²) >= 11 is 0. The first-order chi connectivity index (χ1) is 13.4. The lowest BCUT2D eigenvalue weighted by Crippen LogP contribution is -2.00. The molecule has 1 aromatic heterocycles. The lowest BCUT2D eigenvalue weighted by Gasteiger charge is -2.12. The largest absolute Gasteiger partial charge is 0.457 e. The van der Waals surface area contributed by atoms with Gasteiger partial charge in [0.25, 0.3) is 0 Å². The quantitative estimate of drug-likeness (QED) is 0.447. The van der Waals surface area contributed by atoms with E-state index in [-0.39, 0.29) is 0 Å². The molecule has 0 amide bonds. The van der Waals surface area contributed by atoms with Gasteiger partial charge in [-0.1, -0.05) is 65.9 Å². The van der Waals surface area contributed by atoms with Gasteiger partial charge in [0, 0.05) is 18.3 Å². The summed E-state index contributed by atoms with van der Waals surface area (Å²) in [6.07, 6.45) is 5.63. The molecule has 134 valence electrons. The molecule has 0 radical (unpaired) electrons. The minimum absolute atomic E-state index is 0.846. The monoisotopic (exact) mass is 355 g/mol. The Morgan fingerprint density at radius 3 is 2.37 bits per heavy atom. The van der Waals surface area contributed by atoms with E-state index in [0.29, 0.717) is 0 Å². The van der Waals surface area contributed by atoms with Gasteiger partial charge < -0.3 is 4.74 Å². The number of para-hydroxylation sites is 1. The second kappa shape index (κ2) is 8.32. The van der Waals surface area contributed by atoms with E-state index in [1.54, 1.807) is 6.20 Å². The van der Waals surface area contributed by atoms with Gasteiger partial charge in [0.2, 0.25) is 0 Å². The van der Waals surface area contributed by atoms with E-state index in [4.69, 9.17) is 4.74 Å². The minimum Gasteiger partial charge on any atom is -0.457 e. The van der Waals surface area contributed by atoms with Crippen LogP contribution in [0.25, 0.3) is 11.1 Å². The summed E-state index contributed by atoms with van der Waals surface area (Å²) in [6, 6.07) is 26.8. The fraction of sp³-hybridized carbons (Fsp3) is 0.130. The molecule has 0 spiro atoms. The number of aryl methyl sites for hydroxylation is 2. The molecule has 4 rings (SSSR count). The van der Waals surface area contributed by atoms with Gasteiger partial charge in [-0.25, -0.2) is 0 Å². The zero-order valence-electron chi connectivity index (χ0n) is 15.0. The van der Waals surface area contributed by atoms with Crippen molar-refractivity contribution in [3.63, 3.8) is 0 Å². The molecule has 0 fully saturated rings. The van der Waals surface area contributed by atoms with Crippen molar-refractivity contribution in [1.82, 2.24) is 15.0 Å². The van der Waals surface area contributed by atoms with E-state index in [1.165, 1.54) is 5.56 Å². The Kier molecular flexibility index (Phi) is 5.25. The molecule has 4 heteroatoms. The molecule has 27 heavy (non-hydrogen) atoms. The van der Waals surface area contributed by atoms with Gasteiger partial charge >= 0.3 is 0 Å². The predicted molar refractivity (Wildman–Crippen MR) is 107 cm³/mol. The number of aromatic nitrogens is 3. The van der Waals surface area contributed by atoms with Crippen molar-refractivity contribution in [2.75, 3.05) is 0 Å². The van der Waals surface area contributed by atoms with Gasteiger partial charge in [-0.2, -0.15) is 0 Å². The molecule has 0 aliphatic rings. The molecule has 4 aromatic rings. The highest BCUT2D eigenvalue weighted by Gasteiger charge is 2.06. The van der Waals surface area contributed by atoms with Gasteiger partial charge in [0.1, 0.15) is 11.5 Å². The van der Waals surface area contributed by atoms with Crippen LogP contribution in [0.15, 0.2) is 91.3 Å². The number of nitrogens with zero attached hydrogens (tertiary/aromatic N) is 3. The number of hydrogen-bond donors (Lipinski definition) is 0. The number of ether oxygens (including phenoxy) is 1. The Morgan fingerprint density at radius 2 is 1.59 bits per heavy atom. The molecule has 0 unspecified atom stereocenters. The van der Waals surface area contributed by atoms with Gasteiger partial charge in [0.15, 0.2) is 0 Å². The Bertz CT molecular complexity index is 964. The SMILES string of the molecule is c1ccc(-c2ccccc2Oc2ccc(CCCn3ccnn3)cc2)cc1. The van der Waals surface area contributed by atoms with Crippen LogP contribution in [0, 0.1) is 0 Å². The third-order valence-corrected chi connectivity index (χ3v) is 4.45. The maximum absolute atomic E-state index is 6.16. The van der Waals surface area contributed by atoms with Crippen LogP contribution in [-0.4, -0.2) is 15.0 Å². The summed E-state index contributed by atoms with van der Waals surface area (Å²) in [4.78, 5) is 0. The average molecular weight is 355 g/mol. The fourth-order valence-electron chi connectivity index (χ4n) is 3.06. The van der Waals surface area contributed by atoms with Crippen LogP contribution in [0.5, 0.6) is 11.5 Å². The van der Waals surface area contributed by atoms with E-state index in [1.807, 2.05) is 59.4 Å². The second-order valence-corrected chi connectivity index (χ2v) is 6.38. The molecule has 0 aliphatic heterocycles. The Labute approximate surface area is 159 Å². The van der Waals surface area contributed by atoms with Gasteiger partial charge in [-0.15, -0.1) is 5.10 Å². The number of benzene rings is 3. The van der Waals surface area contributed by atoms with E-state index >= 15 is 0 Å². The van der Waals surface area contributed by atoms with Crippen molar-refractivity contribution in [2.24, 2.45) is 0 Å². The van der Waals surface area contributed by atoms with Crippen LogP contribution < -0.4 is 4.74 Å². The van der Waals surface area contributed by atoms with Crippen LogP contribution in [-0.2, 0) is 13.0 Å².